The molecule has 0 amide bonds. The second kappa shape index (κ2) is 10.5. The van der Waals surface area contributed by atoms with Gasteiger partial charge in [-0.05, 0) is 75.9 Å². The summed E-state index contributed by atoms with van der Waals surface area (Å²) in [4.78, 5) is 11.7. The van der Waals surface area contributed by atoms with E-state index in [0.717, 1.165) is 25.1 Å². The molecular formula is C28H34F3N5O2. The van der Waals surface area contributed by atoms with Crippen molar-refractivity contribution in [1.82, 2.24) is 14.9 Å². The lowest BCUT2D eigenvalue weighted by atomic mass is 9.91. The fourth-order valence-electron chi connectivity index (χ4n) is 5.44. The molecule has 38 heavy (non-hydrogen) atoms. The van der Waals surface area contributed by atoms with Crippen LogP contribution in [0.5, 0.6) is 11.5 Å². The quantitative estimate of drug-likeness (QED) is 0.340. The molecule has 2 atom stereocenters. The highest BCUT2D eigenvalue weighted by Crippen LogP contribution is 2.38. The number of ether oxygens (including phenoxy) is 2. The fraction of sp³-hybridized carbons (Fsp3) is 0.500. The van der Waals surface area contributed by atoms with E-state index in [9.17, 15) is 13.2 Å². The maximum atomic E-state index is 13.4. The molecule has 0 bridgehead atoms. The van der Waals surface area contributed by atoms with Gasteiger partial charge in [-0.3, -0.25) is 4.90 Å². The number of methoxy groups -OCH3 is 1. The Balaban J connectivity index is 1.42. The number of nitrogen functional groups attached to an aromatic ring is 1. The minimum atomic E-state index is -4.49. The van der Waals surface area contributed by atoms with Gasteiger partial charge in [0, 0.05) is 29.2 Å². The predicted octanol–water partition coefficient (Wildman–Crippen LogP) is 6.12. The number of rotatable bonds is 8. The van der Waals surface area contributed by atoms with Crippen molar-refractivity contribution in [1.29, 1.82) is 0 Å². The van der Waals surface area contributed by atoms with Gasteiger partial charge in [-0.15, -0.1) is 0 Å². The molecule has 3 N–H and O–H groups in total. The number of halogens is 3. The van der Waals surface area contributed by atoms with E-state index >= 15 is 0 Å². The van der Waals surface area contributed by atoms with Gasteiger partial charge in [0.1, 0.15) is 18.2 Å². The van der Waals surface area contributed by atoms with Crippen molar-refractivity contribution in [3.05, 3.63) is 47.3 Å². The molecule has 1 aliphatic carbocycles. The first-order chi connectivity index (χ1) is 18.1. The lowest BCUT2D eigenvalue weighted by molar-refractivity contribution is -0.137. The lowest BCUT2D eigenvalue weighted by Gasteiger charge is -2.38. The Morgan fingerprint density at radius 2 is 1.87 bits per heavy atom. The zero-order valence-electron chi connectivity index (χ0n) is 21.9. The number of nitrogens with two attached hydrogens (primary N) is 1. The Morgan fingerprint density at radius 3 is 2.55 bits per heavy atom. The molecule has 2 aliphatic rings. The van der Waals surface area contributed by atoms with Crippen molar-refractivity contribution in [2.75, 3.05) is 31.3 Å². The average molecular weight is 530 g/mol. The summed E-state index contributed by atoms with van der Waals surface area (Å²) >= 11 is 0. The number of nitrogens with zero attached hydrogens (tertiary/aromatic N) is 3. The topological polar surface area (TPSA) is 85.5 Å². The first-order valence-electron chi connectivity index (χ1n) is 13.1. The molecule has 2 aromatic carbocycles. The van der Waals surface area contributed by atoms with E-state index in [0.29, 0.717) is 58.3 Å². The maximum absolute atomic E-state index is 13.4. The molecule has 0 radical (unpaired) electrons. The van der Waals surface area contributed by atoms with Crippen molar-refractivity contribution in [3.63, 3.8) is 0 Å². The third kappa shape index (κ3) is 5.45. The molecule has 5 rings (SSSR count). The highest BCUT2D eigenvalue weighted by molar-refractivity contribution is 5.92. The minimum absolute atomic E-state index is 0.0514. The second-order valence-corrected chi connectivity index (χ2v) is 10.3. The Hall–Kier alpha value is -3.27. The minimum Gasteiger partial charge on any atom is -0.493 e. The number of alkyl halides is 3. The van der Waals surface area contributed by atoms with E-state index in [2.05, 4.69) is 20.2 Å². The Labute approximate surface area is 220 Å². The normalized spacial score (nSPS) is 19.4. The highest BCUT2D eigenvalue weighted by Gasteiger charge is 2.34. The summed E-state index contributed by atoms with van der Waals surface area (Å²) in [6.07, 6.45) is 1.62. The first-order valence-corrected chi connectivity index (χ1v) is 13.1. The summed E-state index contributed by atoms with van der Waals surface area (Å²) in [5, 5.41) is 3.96. The molecule has 2 heterocycles. The molecule has 0 spiro atoms. The van der Waals surface area contributed by atoms with Crippen LogP contribution in [0.4, 0.5) is 24.7 Å². The van der Waals surface area contributed by atoms with Gasteiger partial charge < -0.3 is 20.5 Å². The van der Waals surface area contributed by atoms with Crippen molar-refractivity contribution in [2.45, 2.75) is 70.3 Å². The van der Waals surface area contributed by atoms with Gasteiger partial charge in [-0.25, -0.2) is 9.97 Å². The number of aromatic nitrogens is 2. The lowest BCUT2D eigenvalue weighted by Crippen LogP contribution is -2.45. The summed E-state index contributed by atoms with van der Waals surface area (Å²) in [6, 6.07) is 7.79. The Morgan fingerprint density at radius 1 is 1.08 bits per heavy atom. The third-order valence-electron chi connectivity index (χ3n) is 7.65. The maximum Gasteiger partial charge on any atom is 0.416 e. The zero-order valence-corrected chi connectivity index (χ0v) is 21.9. The predicted molar refractivity (Wildman–Crippen MR) is 142 cm³/mol. The zero-order chi connectivity index (χ0) is 27.0. The molecule has 10 heteroatoms. The molecule has 1 aromatic heterocycles. The SMILES string of the molecule is COc1cc2nc(C)nc(N[C@H](C)c3cc(N)cc(C(F)(F)F)c3)c2cc1OC[C@@H]1CCCN1C1CCC1. The van der Waals surface area contributed by atoms with Gasteiger partial charge >= 0.3 is 6.18 Å². The molecule has 204 valence electrons. The summed E-state index contributed by atoms with van der Waals surface area (Å²) in [7, 11) is 1.59. The average Bonchev–Trinajstić information content (AvgIpc) is 3.27. The van der Waals surface area contributed by atoms with Gasteiger partial charge in [0.05, 0.1) is 24.2 Å². The number of nitrogens with one attached hydrogen (secondary N) is 1. The number of hydrogen-bond donors (Lipinski definition) is 2. The van der Waals surface area contributed by atoms with Gasteiger partial charge in [0.2, 0.25) is 0 Å². The smallest absolute Gasteiger partial charge is 0.416 e. The molecule has 1 saturated carbocycles. The monoisotopic (exact) mass is 529 g/mol. The summed E-state index contributed by atoms with van der Waals surface area (Å²) < 4.78 is 52.0. The largest absolute Gasteiger partial charge is 0.493 e. The summed E-state index contributed by atoms with van der Waals surface area (Å²) in [6.45, 7) is 5.22. The van der Waals surface area contributed by atoms with E-state index in [4.69, 9.17) is 15.2 Å². The number of hydrogen-bond acceptors (Lipinski definition) is 7. The van der Waals surface area contributed by atoms with Crippen LogP contribution < -0.4 is 20.5 Å². The van der Waals surface area contributed by atoms with Gasteiger partial charge in [0.25, 0.3) is 0 Å². The van der Waals surface area contributed by atoms with Crippen LogP contribution in [-0.2, 0) is 6.18 Å². The van der Waals surface area contributed by atoms with Gasteiger partial charge in [0.15, 0.2) is 11.5 Å². The molecule has 1 saturated heterocycles. The van der Waals surface area contributed by atoms with Crippen molar-refractivity contribution in [2.24, 2.45) is 0 Å². The van der Waals surface area contributed by atoms with E-state index < -0.39 is 17.8 Å². The molecule has 7 nitrogen and oxygen atoms in total. The summed E-state index contributed by atoms with van der Waals surface area (Å²) in [5.74, 6) is 2.19. The van der Waals surface area contributed by atoms with E-state index in [1.165, 1.54) is 31.7 Å². The first kappa shape index (κ1) is 26.3. The van der Waals surface area contributed by atoms with Gasteiger partial charge in [-0.2, -0.15) is 13.2 Å². The van der Waals surface area contributed by atoms with Crippen molar-refractivity contribution < 1.29 is 22.6 Å². The number of fused-ring (bicyclic) bond motifs is 1. The van der Waals surface area contributed by atoms with E-state index in [1.807, 2.05) is 12.1 Å². The van der Waals surface area contributed by atoms with Crippen LogP contribution in [0.3, 0.4) is 0 Å². The fourth-order valence-corrected chi connectivity index (χ4v) is 5.44. The van der Waals surface area contributed by atoms with Crippen LogP contribution in [0.15, 0.2) is 30.3 Å². The Kier molecular flexibility index (Phi) is 7.26. The van der Waals surface area contributed by atoms with Crippen LogP contribution in [-0.4, -0.2) is 47.2 Å². The number of benzene rings is 2. The molecule has 0 unspecified atom stereocenters. The number of aryl methyl sites for hydroxylation is 1. The van der Waals surface area contributed by atoms with Crippen LogP contribution in [0, 0.1) is 6.92 Å². The van der Waals surface area contributed by atoms with Crippen molar-refractivity contribution >= 4 is 22.4 Å². The Bertz CT molecular complexity index is 1310. The van der Waals surface area contributed by atoms with Crippen LogP contribution >= 0.6 is 0 Å². The van der Waals surface area contributed by atoms with Crippen molar-refractivity contribution in [3.8, 4) is 11.5 Å². The number of anilines is 2. The standard InChI is InChI=1S/C28H34F3N5O2/c1-16(18-10-19(28(29,30)31)12-20(32)11-18)33-27-23-13-26(25(37-3)14-24(23)34-17(2)35-27)38-15-22-8-5-9-36(22)21-6-4-7-21/h10-14,16,21-22H,4-9,15,32H2,1-3H3,(H,33,34,35)/t16-,22+/m1/s1. The number of likely N-dealkylation sites (tertiary alicyclic amines) is 1. The van der Waals surface area contributed by atoms with Crippen LogP contribution in [0.25, 0.3) is 10.9 Å². The van der Waals surface area contributed by atoms with Gasteiger partial charge in [-0.1, -0.05) is 6.42 Å². The van der Waals surface area contributed by atoms with Crippen LogP contribution in [0.1, 0.15) is 62.0 Å². The van der Waals surface area contributed by atoms with Crippen LogP contribution in [0.2, 0.25) is 0 Å². The summed E-state index contributed by atoms with van der Waals surface area (Å²) in [5.41, 5.74) is 6.12. The molecule has 1 aliphatic heterocycles. The highest BCUT2D eigenvalue weighted by atomic mass is 19.4. The molecule has 2 fully saturated rings. The van der Waals surface area contributed by atoms with E-state index in [1.54, 1.807) is 21.0 Å². The second-order valence-electron chi connectivity index (χ2n) is 10.3. The van der Waals surface area contributed by atoms with E-state index in [-0.39, 0.29) is 5.69 Å². The third-order valence-corrected chi connectivity index (χ3v) is 7.65. The molecule has 3 aromatic rings. The molecular weight excluding hydrogens is 495 g/mol.